The maximum atomic E-state index is 13.1. The van der Waals surface area contributed by atoms with Crippen molar-refractivity contribution in [2.45, 2.75) is 90.6 Å². The fourth-order valence-electron chi connectivity index (χ4n) is 6.26. The normalized spacial score (nSPS) is 17.8. The average Bonchev–Trinajstić information content (AvgIpc) is 3.28. The second-order valence-corrected chi connectivity index (χ2v) is 12.4. The van der Waals surface area contributed by atoms with Gasteiger partial charge in [0.25, 0.3) is 11.7 Å². The summed E-state index contributed by atoms with van der Waals surface area (Å²) in [5, 5.41) is 11.9. The van der Waals surface area contributed by atoms with E-state index in [-0.39, 0.29) is 29.2 Å². The van der Waals surface area contributed by atoms with Gasteiger partial charge in [-0.15, -0.1) is 0 Å². The van der Waals surface area contributed by atoms with Gasteiger partial charge in [-0.05, 0) is 82.6 Å². The van der Waals surface area contributed by atoms with Crippen molar-refractivity contribution in [2.75, 3.05) is 0 Å². The molecule has 0 spiro atoms. The molecule has 2 aliphatic rings. The molecular weight excluding hydrogens is 528 g/mol. The van der Waals surface area contributed by atoms with Crippen molar-refractivity contribution in [3.8, 4) is 22.5 Å². The molecule has 1 aromatic carbocycles. The zero-order valence-electron chi connectivity index (χ0n) is 24.8. The SMILES string of the molecule is Cc1nn(C(C)C)c(C)c1-c1nc2nccc(-c3ccc4c(c3)CCCCC4NC(=O)c3noc(C4(C)CC4)n3)c2[nH]1. The minimum atomic E-state index is -0.289. The number of aromatic nitrogens is 7. The molecule has 2 N–H and O–H groups in total. The number of nitrogens with zero attached hydrogens (tertiary/aromatic N) is 6. The number of aromatic amines is 1. The Labute approximate surface area is 244 Å². The van der Waals surface area contributed by atoms with E-state index in [9.17, 15) is 4.79 Å². The quantitative estimate of drug-likeness (QED) is 0.231. The van der Waals surface area contributed by atoms with E-state index in [0.29, 0.717) is 11.5 Å². The lowest BCUT2D eigenvalue weighted by Crippen LogP contribution is -2.29. The summed E-state index contributed by atoms with van der Waals surface area (Å²) in [5.74, 6) is 1.16. The van der Waals surface area contributed by atoms with E-state index in [1.165, 1.54) is 5.56 Å². The van der Waals surface area contributed by atoms with Crippen LogP contribution in [0.2, 0.25) is 0 Å². The van der Waals surface area contributed by atoms with Gasteiger partial charge in [-0.25, -0.2) is 9.97 Å². The third-order valence-electron chi connectivity index (χ3n) is 8.91. The topological polar surface area (TPSA) is 127 Å². The van der Waals surface area contributed by atoms with Crippen LogP contribution in [0.1, 0.15) is 104 Å². The van der Waals surface area contributed by atoms with Crippen LogP contribution in [0.5, 0.6) is 0 Å². The Morgan fingerprint density at radius 1 is 1.17 bits per heavy atom. The molecule has 7 rings (SSSR count). The van der Waals surface area contributed by atoms with Crippen molar-refractivity contribution in [1.29, 1.82) is 0 Å². The number of fused-ring (bicyclic) bond motifs is 2. The molecule has 0 saturated heterocycles. The first-order valence-electron chi connectivity index (χ1n) is 14.9. The molecule has 1 unspecified atom stereocenters. The van der Waals surface area contributed by atoms with Crippen molar-refractivity contribution in [2.24, 2.45) is 0 Å². The summed E-state index contributed by atoms with van der Waals surface area (Å²) in [6, 6.07) is 8.72. The third kappa shape index (κ3) is 4.49. The van der Waals surface area contributed by atoms with Crippen molar-refractivity contribution >= 4 is 17.1 Å². The number of carbonyl (C=O) groups is 1. The van der Waals surface area contributed by atoms with E-state index in [1.54, 1.807) is 0 Å². The summed E-state index contributed by atoms with van der Waals surface area (Å²) < 4.78 is 7.45. The molecule has 10 nitrogen and oxygen atoms in total. The standard InChI is InChI=1S/C32H36N8O2/c1-17(2)40-19(4)25(18(3)38-40)27-35-26-23(12-15-33-28(26)36-27)21-10-11-22-20(16-21)8-6-7-9-24(22)34-30(41)29-37-31(42-39-29)32(5)13-14-32/h10-12,15-17,24H,6-9,13-14H2,1-5H3,(H,34,41)(H,33,35,36). The molecule has 4 aromatic heterocycles. The molecule has 0 bridgehead atoms. The Hall–Kier alpha value is -4.34. The van der Waals surface area contributed by atoms with Gasteiger partial charge in [-0.3, -0.25) is 9.48 Å². The first kappa shape index (κ1) is 26.6. The lowest BCUT2D eigenvalue weighted by Gasteiger charge is -2.19. The zero-order chi connectivity index (χ0) is 29.2. The summed E-state index contributed by atoms with van der Waals surface area (Å²) in [5.41, 5.74) is 9.08. The second-order valence-electron chi connectivity index (χ2n) is 12.4. The van der Waals surface area contributed by atoms with Crippen molar-refractivity contribution in [3.63, 3.8) is 0 Å². The predicted molar refractivity (Wildman–Crippen MR) is 159 cm³/mol. The summed E-state index contributed by atoms with van der Waals surface area (Å²) in [6.45, 7) is 10.5. The highest BCUT2D eigenvalue weighted by molar-refractivity contribution is 5.92. The fraction of sp³-hybridized carbons (Fsp3) is 0.438. The molecule has 4 heterocycles. The van der Waals surface area contributed by atoms with Gasteiger partial charge < -0.3 is 14.8 Å². The number of pyridine rings is 1. The van der Waals surface area contributed by atoms with Crippen LogP contribution in [0.3, 0.4) is 0 Å². The van der Waals surface area contributed by atoms with Crippen LogP contribution in [0.15, 0.2) is 35.0 Å². The van der Waals surface area contributed by atoms with Crippen molar-refractivity contribution in [3.05, 3.63) is 64.7 Å². The number of nitrogens with one attached hydrogen (secondary N) is 2. The molecule has 1 saturated carbocycles. The van der Waals surface area contributed by atoms with Gasteiger partial charge in [0.1, 0.15) is 5.82 Å². The number of hydrogen-bond donors (Lipinski definition) is 2. The number of H-pyrrole nitrogens is 1. The Bertz CT molecular complexity index is 1820. The molecule has 1 atom stereocenters. The van der Waals surface area contributed by atoms with E-state index in [2.05, 4.69) is 71.3 Å². The summed E-state index contributed by atoms with van der Waals surface area (Å²) in [7, 11) is 0. The molecular formula is C32H36N8O2. The number of benzene rings is 1. The Balaban J connectivity index is 1.20. The number of carbonyl (C=O) groups excluding carboxylic acids is 1. The molecule has 42 heavy (non-hydrogen) atoms. The first-order chi connectivity index (χ1) is 20.2. The van der Waals surface area contributed by atoms with Crippen molar-refractivity contribution < 1.29 is 9.32 Å². The van der Waals surface area contributed by atoms with Crippen LogP contribution in [0.4, 0.5) is 0 Å². The molecule has 10 heteroatoms. The molecule has 2 aliphatic carbocycles. The molecule has 5 aromatic rings. The van der Waals surface area contributed by atoms with Crippen molar-refractivity contribution in [1.82, 2.24) is 40.2 Å². The highest BCUT2D eigenvalue weighted by Gasteiger charge is 2.45. The van der Waals surface area contributed by atoms with Crippen LogP contribution in [0, 0.1) is 13.8 Å². The Morgan fingerprint density at radius 3 is 2.76 bits per heavy atom. The van der Waals surface area contributed by atoms with E-state index in [1.807, 2.05) is 23.9 Å². The van der Waals surface area contributed by atoms with E-state index in [0.717, 1.165) is 83.5 Å². The van der Waals surface area contributed by atoms with Gasteiger partial charge >= 0.3 is 0 Å². The summed E-state index contributed by atoms with van der Waals surface area (Å²) in [6.07, 6.45) is 7.75. The Kier molecular flexibility index (Phi) is 6.25. The third-order valence-corrected chi connectivity index (χ3v) is 8.91. The van der Waals surface area contributed by atoms with E-state index in [4.69, 9.17) is 14.6 Å². The van der Waals surface area contributed by atoms with Gasteiger partial charge in [0.15, 0.2) is 5.65 Å². The monoisotopic (exact) mass is 564 g/mol. The Morgan fingerprint density at radius 2 is 2.00 bits per heavy atom. The zero-order valence-corrected chi connectivity index (χ0v) is 24.8. The highest BCUT2D eigenvalue weighted by Crippen LogP contribution is 2.46. The largest absolute Gasteiger partial charge is 0.342 e. The second kappa shape index (κ2) is 9.89. The smallest absolute Gasteiger partial charge is 0.293 e. The lowest BCUT2D eigenvalue weighted by atomic mass is 9.94. The number of amides is 1. The number of aryl methyl sites for hydroxylation is 2. The lowest BCUT2D eigenvalue weighted by molar-refractivity contribution is 0.0921. The minimum Gasteiger partial charge on any atom is -0.342 e. The van der Waals surface area contributed by atoms with Gasteiger partial charge in [-0.1, -0.05) is 36.7 Å². The van der Waals surface area contributed by atoms with Crippen LogP contribution >= 0.6 is 0 Å². The maximum Gasteiger partial charge on any atom is 0.293 e. The minimum absolute atomic E-state index is 0.0711. The molecule has 1 amide bonds. The van der Waals surface area contributed by atoms with Crippen LogP contribution in [-0.4, -0.2) is 40.8 Å². The molecule has 0 radical (unpaired) electrons. The number of hydrogen-bond acceptors (Lipinski definition) is 7. The first-order valence-corrected chi connectivity index (χ1v) is 14.9. The number of rotatable bonds is 6. The molecule has 216 valence electrons. The summed E-state index contributed by atoms with van der Waals surface area (Å²) >= 11 is 0. The predicted octanol–water partition coefficient (Wildman–Crippen LogP) is 6.32. The van der Waals surface area contributed by atoms with Gasteiger partial charge in [0.05, 0.1) is 22.8 Å². The summed E-state index contributed by atoms with van der Waals surface area (Å²) in [4.78, 5) is 30.5. The number of imidazole rings is 1. The van der Waals surface area contributed by atoms with Gasteiger partial charge in [0.2, 0.25) is 5.89 Å². The molecule has 1 fully saturated rings. The van der Waals surface area contributed by atoms with Gasteiger partial charge in [-0.2, -0.15) is 10.1 Å². The maximum absolute atomic E-state index is 13.1. The fourth-order valence-corrected chi connectivity index (χ4v) is 6.26. The van der Waals surface area contributed by atoms with Crippen LogP contribution in [0.25, 0.3) is 33.7 Å². The highest BCUT2D eigenvalue weighted by atomic mass is 16.5. The van der Waals surface area contributed by atoms with E-state index < -0.39 is 0 Å². The van der Waals surface area contributed by atoms with E-state index >= 15 is 0 Å². The average molecular weight is 565 g/mol. The molecule has 0 aliphatic heterocycles. The van der Waals surface area contributed by atoms with Gasteiger partial charge in [0, 0.05) is 28.9 Å². The van der Waals surface area contributed by atoms with Crippen LogP contribution < -0.4 is 5.32 Å². The van der Waals surface area contributed by atoms with Crippen LogP contribution in [-0.2, 0) is 11.8 Å².